The summed E-state index contributed by atoms with van der Waals surface area (Å²) in [5.74, 6) is -0.167. The van der Waals surface area contributed by atoms with E-state index in [4.69, 9.17) is 5.73 Å². The lowest BCUT2D eigenvalue weighted by Gasteiger charge is -2.31. The van der Waals surface area contributed by atoms with Crippen LogP contribution in [0.3, 0.4) is 0 Å². The second kappa shape index (κ2) is 7.70. The fourth-order valence-electron chi connectivity index (χ4n) is 3.25. The van der Waals surface area contributed by atoms with Gasteiger partial charge in [-0.2, -0.15) is 4.31 Å². The number of aryl methyl sites for hydroxylation is 2. The van der Waals surface area contributed by atoms with Gasteiger partial charge in [-0.15, -0.1) is 0 Å². The zero-order valence-corrected chi connectivity index (χ0v) is 16.4. The van der Waals surface area contributed by atoms with E-state index in [9.17, 15) is 13.2 Å². The number of carbonyl (C=O) groups excluding carboxylic acids is 1. The van der Waals surface area contributed by atoms with Crippen LogP contribution in [0, 0.1) is 13.8 Å². The van der Waals surface area contributed by atoms with Gasteiger partial charge in [0.25, 0.3) is 5.91 Å². The smallest absolute Gasteiger partial charge is 0.251 e. The minimum Gasteiger partial charge on any atom is -0.399 e. The van der Waals surface area contributed by atoms with Crippen molar-refractivity contribution in [1.82, 2.24) is 9.62 Å². The summed E-state index contributed by atoms with van der Waals surface area (Å²) in [6.45, 7) is 4.56. The van der Waals surface area contributed by atoms with Crippen LogP contribution in [-0.4, -0.2) is 37.8 Å². The molecular formula is C20H25N3O3S. The number of nitrogens with one attached hydrogen (secondary N) is 1. The van der Waals surface area contributed by atoms with Crippen molar-refractivity contribution in [1.29, 1.82) is 0 Å². The fraction of sp³-hybridized carbons (Fsp3) is 0.350. The molecule has 2 aromatic carbocycles. The number of anilines is 1. The SMILES string of the molecule is Cc1ccc(S(=O)(=O)N2CCC(NC(=O)c3cc(N)ccc3C)CC2)cc1. The van der Waals surface area contributed by atoms with E-state index >= 15 is 0 Å². The van der Waals surface area contributed by atoms with Gasteiger partial charge in [0.1, 0.15) is 0 Å². The second-order valence-corrected chi connectivity index (χ2v) is 8.98. The van der Waals surface area contributed by atoms with E-state index in [0.717, 1.165) is 11.1 Å². The van der Waals surface area contributed by atoms with Crippen LogP contribution in [0.15, 0.2) is 47.4 Å². The van der Waals surface area contributed by atoms with Crippen molar-refractivity contribution >= 4 is 21.6 Å². The van der Waals surface area contributed by atoms with Crippen LogP contribution >= 0.6 is 0 Å². The molecule has 0 bridgehead atoms. The Bertz CT molecular complexity index is 931. The standard InChI is InChI=1S/C20H25N3O3S/c1-14-3-7-18(8-4-14)27(25,26)23-11-9-17(10-12-23)22-20(24)19-13-16(21)6-5-15(19)2/h3-8,13,17H,9-12,21H2,1-2H3,(H,22,24). The topological polar surface area (TPSA) is 92.5 Å². The number of piperidine rings is 1. The van der Waals surface area contributed by atoms with Crippen LogP contribution in [0.2, 0.25) is 0 Å². The van der Waals surface area contributed by atoms with E-state index in [1.165, 1.54) is 4.31 Å². The van der Waals surface area contributed by atoms with E-state index in [1.807, 2.05) is 19.9 Å². The van der Waals surface area contributed by atoms with E-state index in [2.05, 4.69) is 5.32 Å². The van der Waals surface area contributed by atoms with Gasteiger partial charge in [-0.05, 0) is 56.5 Å². The van der Waals surface area contributed by atoms with Crippen LogP contribution in [0.1, 0.15) is 34.3 Å². The van der Waals surface area contributed by atoms with Crippen LogP contribution in [-0.2, 0) is 10.0 Å². The van der Waals surface area contributed by atoms with Crippen LogP contribution in [0.25, 0.3) is 0 Å². The predicted molar refractivity (Wildman–Crippen MR) is 106 cm³/mol. The molecule has 0 atom stereocenters. The molecule has 1 fully saturated rings. The highest BCUT2D eigenvalue weighted by Gasteiger charge is 2.30. The highest BCUT2D eigenvalue weighted by molar-refractivity contribution is 7.89. The number of hydrogen-bond donors (Lipinski definition) is 2. The van der Waals surface area contributed by atoms with Gasteiger partial charge in [-0.3, -0.25) is 4.79 Å². The van der Waals surface area contributed by atoms with Crippen molar-refractivity contribution in [2.75, 3.05) is 18.8 Å². The number of benzene rings is 2. The van der Waals surface area contributed by atoms with Crippen molar-refractivity contribution in [3.05, 3.63) is 59.2 Å². The Morgan fingerprint density at radius 2 is 1.70 bits per heavy atom. The maximum absolute atomic E-state index is 12.8. The number of sulfonamides is 1. The molecule has 27 heavy (non-hydrogen) atoms. The van der Waals surface area contributed by atoms with Crippen LogP contribution < -0.4 is 11.1 Å². The highest BCUT2D eigenvalue weighted by Crippen LogP contribution is 2.22. The largest absolute Gasteiger partial charge is 0.399 e. The Hall–Kier alpha value is -2.38. The number of nitrogen functional groups attached to an aromatic ring is 1. The molecule has 0 radical (unpaired) electrons. The molecule has 0 spiro atoms. The zero-order chi connectivity index (χ0) is 19.6. The molecule has 2 aromatic rings. The van der Waals surface area contributed by atoms with Gasteiger partial charge >= 0.3 is 0 Å². The van der Waals surface area contributed by atoms with E-state index < -0.39 is 10.0 Å². The molecule has 144 valence electrons. The average Bonchev–Trinajstić information content (AvgIpc) is 2.64. The van der Waals surface area contributed by atoms with E-state index in [-0.39, 0.29) is 11.9 Å². The summed E-state index contributed by atoms with van der Waals surface area (Å²) >= 11 is 0. The molecule has 1 amide bonds. The van der Waals surface area contributed by atoms with Crippen molar-refractivity contribution < 1.29 is 13.2 Å². The fourth-order valence-corrected chi connectivity index (χ4v) is 4.72. The lowest BCUT2D eigenvalue weighted by molar-refractivity contribution is 0.0923. The first-order valence-electron chi connectivity index (χ1n) is 9.01. The van der Waals surface area contributed by atoms with Gasteiger partial charge in [0, 0.05) is 30.4 Å². The molecular weight excluding hydrogens is 362 g/mol. The minimum atomic E-state index is -3.49. The lowest BCUT2D eigenvalue weighted by atomic mass is 10.0. The summed E-state index contributed by atoms with van der Waals surface area (Å²) in [4.78, 5) is 12.8. The molecule has 0 aliphatic carbocycles. The second-order valence-electron chi connectivity index (χ2n) is 7.04. The van der Waals surface area contributed by atoms with Crippen LogP contribution in [0.4, 0.5) is 5.69 Å². The molecule has 0 aromatic heterocycles. The first-order chi connectivity index (χ1) is 12.8. The van der Waals surface area contributed by atoms with Crippen LogP contribution in [0.5, 0.6) is 0 Å². The Morgan fingerprint density at radius 3 is 2.33 bits per heavy atom. The first-order valence-corrected chi connectivity index (χ1v) is 10.4. The minimum absolute atomic E-state index is 0.0530. The molecule has 3 N–H and O–H groups in total. The summed E-state index contributed by atoms with van der Waals surface area (Å²) in [5.41, 5.74) is 8.76. The lowest BCUT2D eigenvalue weighted by Crippen LogP contribution is -2.46. The third-order valence-corrected chi connectivity index (χ3v) is 6.87. The summed E-state index contributed by atoms with van der Waals surface area (Å²) in [6.07, 6.45) is 1.16. The normalized spacial score (nSPS) is 16.2. The van der Waals surface area contributed by atoms with Gasteiger partial charge in [-0.25, -0.2) is 8.42 Å². The third kappa shape index (κ3) is 4.31. The number of nitrogens with two attached hydrogens (primary N) is 1. The summed E-state index contributed by atoms with van der Waals surface area (Å²) in [6, 6.07) is 12.1. The molecule has 1 saturated heterocycles. The molecule has 7 heteroatoms. The maximum atomic E-state index is 12.8. The van der Waals surface area contributed by atoms with Crippen molar-refractivity contribution in [2.24, 2.45) is 0 Å². The average molecular weight is 388 g/mol. The quantitative estimate of drug-likeness (QED) is 0.788. The summed E-state index contributed by atoms with van der Waals surface area (Å²) < 4.78 is 27.0. The zero-order valence-electron chi connectivity index (χ0n) is 15.6. The van der Waals surface area contributed by atoms with E-state index in [0.29, 0.717) is 42.1 Å². The van der Waals surface area contributed by atoms with E-state index in [1.54, 1.807) is 36.4 Å². The van der Waals surface area contributed by atoms with Gasteiger partial charge in [-0.1, -0.05) is 23.8 Å². The number of nitrogens with zero attached hydrogens (tertiary/aromatic N) is 1. The summed E-state index contributed by atoms with van der Waals surface area (Å²) in [5, 5.41) is 3.01. The third-order valence-electron chi connectivity index (χ3n) is 4.95. The van der Waals surface area contributed by atoms with Crippen molar-refractivity contribution in [3.8, 4) is 0 Å². The van der Waals surface area contributed by atoms with Gasteiger partial charge in [0.15, 0.2) is 0 Å². The molecule has 6 nitrogen and oxygen atoms in total. The molecule has 3 rings (SSSR count). The Balaban J connectivity index is 1.62. The van der Waals surface area contributed by atoms with Gasteiger partial charge < -0.3 is 11.1 Å². The summed E-state index contributed by atoms with van der Waals surface area (Å²) in [7, 11) is -3.49. The molecule has 1 aliphatic heterocycles. The number of amides is 1. The maximum Gasteiger partial charge on any atom is 0.251 e. The number of rotatable bonds is 4. The molecule has 1 aliphatic rings. The Kier molecular flexibility index (Phi) is 5.53. The molecule has 0 saturated carbocycles. The van der Waals surface area contributed by atoms with Gasteiger partial charge in [0.05, 0.1) is 4.90 Å². The molecule has 0 unspecified atom stereocenters. The Labute approximate surface area is 160 Å². The van der Waals surface area contributed by atoms with Crippen molar-refractivity contribution in [2.45, 2.75) is 37.6 Å². The van der Waals surface area contributed by atoms with Gasteiger partial charge in [0.2, 0.25) is 10.0 Å². The number of carbonyl (C=O) groups is 1. The predicted octanol–water partition coefficient (Wildman–Crippen LogP) is 2.47. The number of hydrogen-bond acceptors (Lipinski definition) is 4. The van der Waals surface area contributed by atoms with Crippen molar-refractivity contribution in [3.63, 3.8) is 0 Å². The first kappa shape index (κ1) is 19.4. The molecule has 1 heterocycles. The monoisotopic (exact) mass is 387 g/mol. The Morgan fingerprint density at radius 1 is 1.07 bits per heavy atom. The highest BCUT2D eigenvalue weighted by atomic mass is 32.2.